The fraction of sp³-hybridized carbons (Fsp3) is 0.440. The summed E-state index contributed by atoms with van der Waals surface area (Å²) in [4.78, 5) is 11.2. The molecule has 4 rings (SSSR count). The number of nitrogens with zero attached hydrogens (tertiary/aromatic N) is 3. The normalized spacial score (nSPS) is 14.6. The van der Waals surface area contributed by atoms with Gasteiger partial charge in [0.2, 0.25) is 0 Å². The summed E-state index contributed by atoms with van der Waals surface area (Å²) < 4.78 is 31.2. The highest BCUT2D eigenvalue weighted by Gasteiger charge is 2.15. The van der Waals surface area contributed by atoms with Crippen LogP contribution < -0.4 is 14.8 Å². The van der Waals surface area contributed by atoms with E-state index in [2.05, 4.69) is 20.2 Å². The lowest BCUT2D eigenvalue weighted by molar-refractivity contribution is 0.0357. The summed E-state index contributed by atoms with van der Waals surface area (Å²) in [6.45, 7) is 10.8. The van der Waals surface area contributed by atoms with Crippen LogP contribution in [0.3, 0.4) is 0 Å². The average Bonchev–Trinajstić information content (AvgIpc) is 2.80. The molecular weight excluding hydrogens is 423 g/mol. The van der Waals surface area contributed by atoms with Crippen molar-refractivity contribution in [2.24, 2.45) is 0 Å². The van der Waals surface area contributed by atoms with Crippen LogP contribution in [-0.2, 0) is 4.74 Å². The highest BCUT2D eigenvalue weighted by atomic mass is 19.1. The number of hydrogen-bond donors (Lipinski definition) is 1. The summed E-state index contributed by atoms with van der Waals surface area (Å²) >= 11 is 0. The molecule has 0 unspecified atom stereocenters. The zero-order chi connectivity index (χ0) is 23.2. The van der Waals surface area contributed by atoms with Crippen LogP contribution in [-0.4, -0.2) is 60.4 Å². The summed E-state index contributed by atoms with van der Waals surface area (Å²) in [5.41, 5.74) is 2.06. The van der Waals surface area contributed by atoms with E-state index in [1.165, 1.54) is 12.4 Å². The molecule has 1 saturated heterocycles. The molecule has 1 fully saturated rings. The van der Waals surface area contributed by atoms with Crippen molar-refractivity contribution in [1.29, 1.82) is 0 Å². The van der Waals surface area contributed by atoms with E-state index in [9.17, 15) is 4.39 Å². The van der Waals surface area contributed by atoms with Gasteiger partial charge in [-0.25, -0.2) is 14.4 Å². The number of morpholine rings is 1. The van der Waals surface area contributed by atoms with Crippen molar-refractivity contribution in [3.05, 3.63) is 48.0 Å². The Kier molecular flexibility index (Phi) is 7.57. The van der Waals surface area contributed by atoms with Gasteiger partial charge in [0.05, 0.1) is 31.4 Å². The lowest BCUT2D eigenvalue weighted by atomic mass is 10.2. The molecule has 1 aromatic heterocycles. The van der Waals surface area contributed by atoms with E-state index in [4.69, 9.17) is 14.2 Å². The van der Waals surface area contributed by atoms with Crippen LogP contribution >= 0.6 is 0 Å². The van der Waals surface area contributed by atoms with Crippen LogP contribution in [0.15, 0.2) is 36.7 Å². The molecule has 0 saturated carbocycles. The Morgan fingerprint density at radius 2 is 1.94 bits per heavy atom. The minimum absolute atomic E-state index is 0.000210. The molecule has 1 N–H and O–H groups in total. The molecule has 0 amide bonds. The predicted molar refractivity (Wildman–Crippen MR) is 127 cm³/mol. The van der Waals surface area contributed by atoms with Gasteiger partial charge >= 0.3 is 0 Å². The summed E-state index contributed by atoms with van der Waals surface area (Å²) in [5, 5.41) is 4.08. The van der Waals surface area contributed by atoms with Crippen molar-refractivity contribution in [1.82, 2.24) is 14.9 Å². The van der Waals surface area contributed by atoms with E-state index >= 15 is 0 Å². The van der Waals surface area contributed by atoms with Gasteiger partial charge in [-0.2, -0.15) is 0 Å². The van der Waals surface area contributed by atoms with Gasteiger partial charge in [-0.1, -0.05) is 0 Å². The molecule has 7 nitrogen and oxygen atoms in total. The second-order valence-electron chi connectivity index (χ2n) is 8.45. The molecule has 0 aliphatic carbocycles. The van der Waals surface area contributed by atoms with Crippen molar-refractivity contribution >= 4 is 22.4 Å². The third kappa shape index (κ3) is 6.09. The summed E-state index contributed by atoms with van der Waals surface area (Å²) in [6, 6.07) is 8.69. The number of ether oxygens (including phenoxy) is 3. The molecule has 0 spiro atoms. The predicted octanol–water partition coefficient (Wildman–Crippen LogP) is 4.71. The van der Waals surface area contributed by atoms with Crippen LogP contribution in [0.25, 0.3) is 10.9 Å². The number of nitrogens with one attached hydrogen (secondary N) is 1. The Hall–Kier alpha value is -2.97. The van der Waals surface area contributed by atoms with E-state index in [1.54, 1.807) is 19.1 Å². The largest absolute Gasteiger partial charge is 0.490 e. The number of aryl methyl sites for hydroxylation is 1. The Morgan fingerprint density at radius 1 is 1.12 bits per heavy atom. The highest BCUT2D eigenvalue weighted by Crippen LogP contribution is 2.35. The Balaban J connectivity index is 1.55. The number of fused-ring (bicyclic) bond motifs is 1. The van der Waals surface area contributed by atoms with Gasteiger partial charge in [-0.15, -0.1) is 0 Å². The van der Waals surface area contributed by atoms with Gasteiger partial charge in [0.1, 0.15) is 18.0 Å². The van der Waals surface area contributed by atoms with Crippen LogP contribution in [0.4, 0.5) is 15.9 Å². The molecule has 0 bridgehead atoms. The second kappa shape index (κ2) is 10.8. The topological polar surface area (TPSA) is 68.7 Å². The van der Waals surface area contributed by atoms with E-state index in [1.807, 2.05) is 26.0 Å². The van der Waals surface area contributed by atoms with E-state index in [-0.39, 0.29) is 11.9 Å². The van der Waals surface area contributed by atoms with E-state index < -0.39 is 0 Å². The minimum Gasteiger partial charge on any atom is -0.490 e. The van der Waals surface area contributed by atoms with Crippen LogP contribution in [0.5, 0.6) is 11.5 Å². The molecule has 1 aliphatic heterocycles. The Morgan fingerprint density at radius 3 is 2.70 bits per heavy atom. The van der Waals surface area contributed by atoms with Gasteiger partial charge < -0.3 is 19.5 Å². The van der Waals surface area contributed by atoms with Crippen LogP contribution in [0.2, 0.25) is 0 Å². The minimum atomic E-state index is -0.240. The Bertz CT molecular complexity index is 1090. The van der Waals surface area contributed by atoms with Crippen LogP contribution in [0, 0.1) is 12.7 Å². The third-order valence-electron chi connectivity index (χ3n) is 5.46. The lowest BCUT2D eigenvalue weighted by Gasteiger charge is -2.26. The highest BCUT2D eigenvalue weighted by molar-refractivity contribution is 5.93. The third-order valence-corrected chi connectivity index (χ3v) is 5.46. The van der Waals surface area contributed by atoms with Crippen molar-refractivity contribution in [3.63, 3.8) is 0 Å². The van der Waals surface area contributed by atoms with Gasteiger partial charge in [0, 0.05) is 36.8 Å². The molecule has 3 aromatic rings. The first kappa shape index (κ1) is 23.2. The summed E-state index contributed by atoms with van der Waals surface area (Å²) in [6.07, 6.45) is 2.41. The quantitative estimate of drug-likeness (QED) is 0.470. The van der Waals surface area contributed by atoms with Crippen molar-refractivity contribution in [2.45, 2.75) is 33.3 Å². The average molecular weight is 455 g/mol. The van der Waals surface area contributed by atoms with Crippen molar-refractivity contribution in [3.8, 4) is 11.5 Å². The maximum Gasteiger partial charge on any atom is 0.163 e. The monoisotopic (exact) mass is 454 g/mol. The van der Waals surface area contributed by atoms with Gasteiger partial charge in [-0.3, -0.25) is 4.90 Å². The number of rotatable bonds is 9. The molecule has 0 radical (unpaired) electrons. The molecule has 2 heterocycles. The van der Waals surface area contributed by atoms with E-state index in [0.29, 0.717) is 29.5 Å². The van der Waals surface area contributed by atoms with Crippen molar-refractivity contribution in [2.75, 3.05) is 44.8 Å². The molecular formula is C25H31FN4O3. The first-order valence-electron chi connectivity index (χ1n) is 11.4. The lowest BCUT2D eigenvalue weighted by Crippen LogP contribution is -2.37. The number of anilines is 2. The molecule has 1 aliphatic rings. The zero-order valence-electron chi connectivity index (χ0n) is 19.4. The maximum atomic E-state index is 13.7. The zero-order valence-corrected chi connectivity index (χ0v) is 19.4. The SMILES string of the molecule is Cc1cc(Nc2ncnc3cc(OC(C)C)c(OCCCN4CCOCC4)cc23)ccc1F. The van der Waals surface area contributed by atoms with E-state index in [0.717, 1.165) is 55.9 Å². The van der Waals surface area contributed by atoms with Crippen molar-refractivity contribution < 1.29 is 18.6 Å². The molecule has 8 heteroatoms. The maximum absolute atomic E-state index is 13.7. The van der Waals surface area contributed by atoms with Crippen LogP contribution in [0.1, 0.15) is 25.8 Å². The Labute approximate surface area is 193 Å². The summed E-state index contributed by atoms with van der Waals surface area (Å²) in [5.74, 6) is 1.70. The number of halogens is 1. The number of hydrogen-bond acceptors (Lipinski definition) is 7. The standard InChI is InChI=1S/C25H31FN4O3/c1-17(2)33-24-15-22-20(14-23(24)32-10-4-7-30-8-11-31-12-9-30)25(28-16-27-22)29-19-5-6-21(26)18(3)13-19/h5-6,13-17H,4,7-12H2,1-3H3,(H,27,28,29). The fourth-order valence-electron chi connectivity index (χ4n) is 3.78. The molecule has 33 heavy (non-hydrogen) atoms. The fourth-order valence-corrected chi connectivity index (χ4v) is 3.78. The first-order chi connectivity index (χ1) is 16.0. The smallest absolute Gasteiger partial charge is 0.163 e. The summed E-state index contributed by atoms with van der Waals surface area (Å²) in [7, 11) is 0. The number of benzene rings is 2. The van der Waals surface area contributed by atoms with Gasteiger partial charge in [0.15, 0.2) is 11.5 Å². The first-order valence-corrected chi connectivity index (χ1v) is 11.4. The molecule has 176 valence electrons. The van der Waals surface area contributed by atoms with Gasteiger partial charge in [0.25, 0.3) is 0 Å². The number of aromatic nitrogens is 2. The van der Waals surface area contributed by atoms with Gasteiger partial charge in [-0.05, 0) is 57.0 Å². The molecule has 0 atom stereocenters. The second-order valence-corrected chi connectivity index (χ2v) is 8.45. The molecule has 2 aromatic carbocycles.